The molecular weight excluding hydrogens is 148 g/mol. The second-order valence-corrected chi connectivity index (χ2v) is 2.48. The van der Waals surface area contributed by atoms with Crippen LogP contribution in [0.1, 0.15) is 26.2 Å². The standard InChI is InChI=1S/C11H18O/c1-2-3-4-5-6-7-8-9-10-11-12/h3-4,6-7,9-10,12H,2,5,8,11H2,1H3/b4-3-,7-6-,10-9+. The number of aliphatic hydroxyl groups excluding tert-OH is 1. The summed E-state index contributed by atoms with van der Waals surface area (Å²) in [6.45, 7) is 2.27. The first kappa shape index (κ1) is 11.2. The van der Waals surface area contributed by atoms with E-state index in [-0.39, 0.29) is 6.61 Å². The van der Waals surface area contributed by atoms with Gasteiger partial charge < -0.3 is 5.11 Å². The molecule has 0 fully saturated rings. The van der Waals surface area contributed by atoms with Gasteiger partial charge in [0.05, 0.1) is 6.61 Å². The predicted molar refractivity (Wildman–Crippen MR) is 54.0 cm³/mol. The fourth-order valence-corrected chi connectivity index (χ4v) is 0.783. The van der Waals surface area contributed by atoms with Gasteiger partial charge in [-0.15, -0.1) is 0 Å². The van der Waals surface area contributed by atoms with Crippen LogP contribution in [0, 0.1) is 0 Å². The Labute approximate surface area is 75.1 Å². The van der Waals surface area contributed by atoms with E-state index in [1.807, 2.05) is 6.08 Å². The molecule has 0 saturated carbocycles. The Kier molecular flexibility index (Phi) is 9.48. The SMILES string of the molecule is CC/C=C\C/C=C\C/C=C/CO. The molecule has 1 nitrogen and oxygen atoms in total. The van der Waals surface area contributed by atoms with Crippen molar-refractivity contribution < 1.29 is 5.11 Å². The molecule has 68 valence electrons. The lowest BCUT2D eigenvalue weighted by Gasteiger charge is -1.82. The average Bonchev–Trinajstić information content (AvgIpc) is 2.10. The first-order valence-corrected chi connectivity index (χ1v) is 4.47. The molecule has 0 saturated heterocycles. The highest BCUT2D eigenvalue weighted by atomic mass is 16.2. The van der Waals surface area contributed by atoms with Gasteiger partial charge in [-0.2, -0.15) is 0 Å². The lowest BCUT2D eigenvalue weighted by atomic mass is 10.3. The van der Waals surface area contributed by atoms with Crippen molar-refractivity contribution in [2.24, 2.45) is 0 Å². The number of rotatable bonds is 6. The largest absolute Gasteiger partial charge is 0.392 e. The van der Waals surface area contributed by atoms with Crippen LogP contribution >= 0.6 is 0 Å². The summed E-state index contributed by atoms with van der Waals surface area (Å²) in [4.78, 5) is 0. The third-order valence-corrected chi connectivity index (χ3v) is 1.39. The second kappa shape index (κ2) is 10.2. The summed E-state index contributed by atoms with van der Waals surface area (Å²) in [5.74, 6) is 0. The third kappa shape index (κ3) is 9.18. The molecule has 0 aliphatic carbocycles. The van der Waals surface area contributed by atoms with E-state index >= 15 is 0 Å². The third-order valence-electron chi connectivity index (χ3n) is 1.39. The first-order valence-electron chi connectivity index (χ1n) is 4.47. The molecule has 0 aliphatic rings. The molecule has 0 aromatic carbocycles. The van der Waals surface area contributed by atoms with Crippen LogP contribution in [-0.2, 0) is 0 Å². The summed E-state index contributed by atoms with van der Waals surface area (Å²) in [6.07, 6.45) is 15.3. The monoisotopic (exact) mass is 166 g/mol. The zero-order valence-electron chi connectivity index (χ0n) is 7.74. The fourth-order valence-electron chi connectivity index (χ4n) is 0.783. The summed E-state index contributed by atoms with van der Waals surface area (Å²) in [7, 11) is 0. The van der Waals surface area contributed by atoms with Gasteiger partial charge in [0.25, 0.3) is 0 Å². The smallest absolute Gasteiger partial charge is 0.0612 e. The summed E-state index contributed by atoms with van der Waals surface area (Å²) in [5, 5.41) is 8.42. The van der Waals surface area contributed by atoms with Gasteiger partial charge in [-0.1, -0.05) is 43.4 Å². The van der Waals surface area contributed by atoms with Crippen LogP contribution < -0.4 is 0 Å². The first-order chi connectivity index (χ1) is 5.91. The Hall–Kier alpha value is -0.820. The van der Waals surface area contributed by atoms with Gasteiger partial charge in [0, 0.05) is 0 Å². The Morgan fingerprint density at radius 2 is 1.33 bits per heavy atom. The van der Waals surface area contributed by atoms with Crippen LogP contribution in [0.25, 0.3) is 0 Å². The molecule has 0 atom stereocenters. The Morgan fingerprint density at radius 1 is 0.833 bits per heavy atom. The van der Waals surface area contributed by atoms with Gasteiger partial charge in [-0.3, -0.25) is 0 Å². The minimum absolute atomic E-state index is 0.142. The molecule has 0 spiro atoms. The molecule has 1 N–H and O–H groups in total. The molecule has 0 rings (SSSR count). The number of aliphatic hydroxyl groups is 1. The molecule has 0 radical (unpaired) electrons. The molecule has 0 aromatic heterocycles. The van der Waals surface area contributed by atoms with E-state index in [0.29, 0.717) is 0 Å². The van der Waals surface area contributed by atoms with E-state index in [1.54, 1.807) is 6.08 Å². The van der Waals surface area contributed by atoms with Gasteiger partial charge in [0.15, 0.2) is 0 Å². The zero-order valence-corrected chi connectivity index (χ0v) is 7.74. The van der Waals surface area contributed by atoms with Crippen LogP contribution in [-0.4, -0.2) is 11.7 Å². The van der Waals surface area contributed by atoms with Crippen LogP contribution in [0.15, 0.2) is 36.5 Å². The van der Waals surface area contributed by atoms with Crippen molar-refractivity contribution in [3.63, 3.8) is 0 Å². The fraction of sp³-hybridized carbons (Fsp3) is 0.455. The van der Waals surface area contributed by atoms with Crippen LogP contribution in [0.5, 0.6) is 0 Å². The maximum absolute atomic E-state index is 8.42. The molecule has 0 aromatic rings. The molecule has 0 aliphatic heterocycles. The van der Waals surface area contributed by atoms with Crippen molar-refractivity contribution >= 4 is 0 Å². The van der Waals surface area contributed by atoms with Gasteiger partial charge in [-0.05, 0) is 19.3 Å². The van der Waals surface area contributed by atoms with Crippen molar-refractivity contribution in [2.45, 2.75) is 26.2 Å². The van der Waals surface area contributed by atoms with E-state index < -0.39 is 0 Å². The number of allylic oxidation sites excluding steroid dienone is 5. The molecule has 0 amide bonds. The molecular formula is C11H18O. The van der Waals surface area contributed by atoms with Gasteiger partial charge >= 0.3 is 0 Å². The number of hydrogen-bond donors (Lipinski definition) is 1. The van der Waals surface area contributed by atoms with Crippen molar-refractivity contribution in [1.29, 1.82) is 0 Å². The summed E-state index contributed by atoms with van der Waals surface area (Å²) in [5.41, 5.74) is 0. The van der Waals surface area contributed by atoms with Gasteiger partial charge in [-0.25, -0.2) is 0 Å². The highest BCUT2D eigenvalue weighted by Crippen LogP contribution is 1.91. The topological polar surface area (TPSA) is 20.2 Å². The van der Waals surface area contributed by atoms with E-state index in [2.05, 4.69) is 31.2 Å². The Bertz CT molecular complexity index is 136. The van der Waals surface area contributed by atoms with Crippen molar-refractivity contribution in [3.05, 3.63) is 36.5 Å². The summed E-state index contributed by atoms with van der Waals surface area (Å²) >= 11 is 0. The van der Waals surface area contributed by atoms with E-state index in [1.165, 1.54) is 0 Å². The lowest BCUT2D eigenvalue weighted by molar-refractivity contribution is 0.342. The van der Waals surface area contributed by atoms with Gasteiger partial charge in [0.1, 0.15) is 0 Å². The second-order valence-electron chi connectivity index (χ2n) is 2.48. The van der Waals surface area contributed by atoms with Crippen molar-refractivity contribution in [1.82, 2.24) is 0 Å². The highest BCUT2D eigenvalue weighted by Gasteiger charge is 1.71. The quantitative estimate of drug-likeness (QED) is 0.601. The van der Waals surface area contributed by atoms with Crippen LogP contribution in [0.3, 0.4) is 0 Å². The maximum Gasteiger partial charge on any atom is 0.0612 e. The van der Waals surface area contributed by atoms with E-state index in [4.69, 9.17) is 5.11 Å². The minimum atomic E-state index is 0.142. The van der Waals surface area contributed by atoms with Crippen molar-refractivity contribution in [2.75, 3.05) is 6.61 Å². The molecule has 0 unspecified atom stereocenters. The molecule has 0 heterocycles. The maximum atomic E-state index is 8.42. The van der Waals surface area contributed by atoms with Crippen LogP contribution in [0.4, 0.5) is 0 Å². The summed E-state index contributed by atoms with van der Waals surface area (Å²) < 4.78 is 0. The van der Waals surface area contributed by atoms with E-state index in [0.717, 1.165) is 19.3 Å². The predicted octanol–water partition coefficient (Wildman–Crippen LogP) is 2.84. The average molecular weight is 166 g/mol. The highest BCUT2D eigenvalue weighted by molar-refractivity contribution is 4.96. The molecule has 12 heavy (non-hydrogen) atoms. The number of hydrogen-bond acceptors (Lipinski definition) is 1. The van der Waals surface area contributed by atoms with Gasteiger partial charge in [0.2, 0.25) is 0 Å². The zero-order chi connectivity index (χ0) is 9.07. The Morgan fingerprint density at radius 3 is 1.83 bits per heavy atom. The Balaban J connectivity index is 3.25. The lowest BCUT2D eigenvalue weighted by Crippen LogP contribution is -1.69. The van der Waals surface area contributed by atoms with Crippen molar-refractivity contribution in [3.8, 4) is 0 Å². The van der Waals surface area contributed by atoms with E-state index in [9.17, 15) is 0 Å². The molecule has 0 bridgehead atoms. The van der Waals surface area contributed by atoms with Crippen LogP contribution in [0.2, 0.25) is 0 Å². The summed E-state index contributed by atoms with van der Waals surface area (Å²) in [6, 6.07) is 0. The molecule has 1 heteroatoms. The minimum Gasteiger partial charge on any atom is -0.392 e. The normalized spacial score (nSPS) is 12.5.